The highest BCUT2D eigenvalue weighted by atomic mass is 35.5. The smallest absolute Gasteiger partial charge is 0.255 e. The summed E-state index contributed by atoms with van der Waals surface area (Å²) >= 11 is 7.72. The largest absolute Gasteiger partial charge is 0.496 e. The van der Waals surface area contributed by atoms with Gasteiger partial charge in [-0.3, -0.25) is 4.79 Å². The van der Waals surface area contributed by atoms with Crippen LogP contribution in [0, 0.1) is 0 Å². The number of hydrogen-bond donors (Lipinski definition) is 1. The zero-order valence-corrected chi connectivity index (χ0v) is 17.1. The van der Waals surface area contributed by atoms with E-state index in [0.717, 1.165) is 16.1 Å². The quantitative estimate of drug-likeness (QED) is 0.490. The molecule has 3 rings (SSSR count). The molecule has 28 heavy (non-hydrogen) atoms. The van der Waals surface area contributed by atoms with Gasteiger partial charge in [-0.2, -0.15) is 0 Å². The van der Waals surface area contributed by atoms with Crippen LogP contribution in [0.4, 0.5) is 5.69 Å². The summed E-state index contributed by atoms with van der Waals surface area (Å²) in [5.41, 5.74) is 2.06. The van der Waals surface area contributed by atoms with E-state index in [9.17, 15) is 4.79 Å². The van der Waals surface area contributed by atoms with Crippen molar-refractivity contribution in [3.8, 4) is 11.5 Å². The number of benzene rings is 3. The van der Waals surface area contributed by atoms with E-state index in [1.807, 2.05) is 42.7 Å². The zero-order chi connectivity index (χ0) is 19.9. The Morgan fingerprint density at radius 1 is 1.04 bits per heavy atom. The van der Waals surface area contributed by atoms with E-state index in [-0.39, 0.29) is 12.5 Å². The molecule has 1 N–H and O–H groups in total. The Balaban J connectivity index is 1.80. The van der Waals surface area contributed by atoms with Gasteiger partial charge in [-0.05, 0) is 48.7 Å². The van der Waals surface area contributed by atoms with Gasteiger partial charge in [0.25, 0.3) is 5.91 Å². The van der Waals surface area contributed by atoms with Crippen LogP contribution in [0.15, 0.2) is 71.6 Å². The standard InChI is InChI=1S/C22H20ClNO3S/c1-26-19-12-11-15(22(25)24-18-8-4-6-10-21(18)28-2)13-16(19)14-27-20-9-5-3-7-17(20)23/h3-13H,14H2,1-2H3,(H,24,25). The SMILES string of the molecule is COc1ccc(C(=O)Nc2ccccc2SC)cc1COc1ccccc1Cl. The van der Waals surface area contributed by atoms with E-state index in [4.69, 9.17) is 21.1 Å². The van der Waals surface area contributed by atoms with Crippen LogP contribution in [0.2, 0.25) is 5.02 Å². The van der Waals surface area contributed by atoms with Crippen molar-refractivity contribution < 1.29 is 14.3 Å². The van der Waals surface area contributed by atoms with Gasteiger partial charge >= 0.3 is 0 Å². The molecule has 0 atom stereocenters. The molecule has 0 radical (unpaired) electrons. The highest BCUT2D eigenvalue weighted by Crippen LogP contribution is 2.28. The van der Waals surface area contributed by atoms with Crippen LogP contribution in [0.3, 0.4) is 0 Å². The molecule has 1 amide bonds. The van der Waals surface area contributed by atoms with Crippen LogP contribution in [0.5, 0.6) is 11.5 Å². The van der Waals surface area contributed by atoms with Crippen molar-refractivity contribution in [3.05, 3.63) is 82.9 Å². The molecule has 0 saturated carbocycles. The number of amides is 1. The molecule has 0 fully saturated rings. The maximum absolute atomic E-state index is 12.7. The second-order valence-corrected chi connectivity index (χ2v) is 7.16. The number of halogens is 1. The summed E-state index contributed by atoms with van der Waals surface area (Å²) in [5, 5.41) is 3.49. The van der Waals surface area contributed by atoms with Gasteiger partial charge in [0.1, 0.15) is 18.1 Å². The van der Waals surface area contributed by atoms with Crippen LogP contribution in [0.1, 0.15) is 15.9 Å². The minimum atomic E-state index is -0.192. The predicted molar refractivity (Wildman–Crippen MR) is 115 cm³/mol. The second kappa shape index (κ2) is 9.53. The van der Waals surface area contributed by atoms with E-state index < -0.39 is 0 Å². The lowest BCUT2D eigenvalue weighted by atomic mass is 10.1. The minimum Gasteiger partial charge on any atom is -0.496 e. The molecule has 0 saturated heterocycles. The van der Waals surface area contributed by atoms with Crippen LogP contribution in [0.25, 0.3) is 0 Å². The molecule has 3 aromatic rings. The number of para-hydroxylation sites is 2. The van der Waals surface area contributed by atoms with Gasteiger partial charge in [0.05, 0.1) is 17.8 Å². The highest BCUT2D eigenvalue weighted by Gasteiger charge is 2.13. The minimum absolute atomic E-state index is 0.192. The molecular formula is C22H20ClNO3S. The number of nitrogens with one attached hydrogen (secondary N) is 1. The second-order valence-electron chi connectivity index (χ2n) is 5.90. The molecule has 0 heterocycles. The first kappa shape index (κ1) is 20.1. The highest BCUT2D eigenvalue weighted by molar-refractivity contribution is 7.98. The summed E-state index contributed by atoms with van der Waals surface area (Å²) in [7, 11) is 1.59. The fourth-order valence-electron chi connectivity index (χ4n) is 2.69. The third-order valence-corrected chi connectivity index (χ3v) is 5.23. The van der Waals surface area contributed by atoms with Crippen molar-refractivity contribution in [2.75, 3.05) is 18.7 Å². The molecule has 0 aliphatic heterocycles. The number of carbonyl (C=O) groups excluding carboxylic acids is 1. The number of rotatable bonds is 7. The van der Waals surface area contributed by atoms with Gasteiger partial charge in [0.15, 0.2) is 0 Å². The molecule has 0 unspecified atom stereocenters. The summed E-state index contributed by atoms with van der Waals surface area (Å²) in [5.74, 6) is 1.03. The molecule has 0 aliphatic carbocycles. The maximum atomic E-state index is 12.7. The molecule has 6 heteroatoms. The lowest BCUT2D eigenvalue weighted by molar-refractivity contribution is 0.102. The summed E-state index contributed by atoms with van der Waals surface area (Å²) in [4.78, 5) is 13.7. The Kier molecular flexibility index (Phi) is 6.85. The molecule has 3 aromatic carbocycles. The molecular weight excluding hydrogens is 394 g/mol. The first-order valence-corrected chi connectivity index (χ1v) is 10.2. The summed E-state index contributed by atoms with van der Waals surface area (Å²) in [6.07, 6.45) is 1.97. The van der Waals surface area contributed by atoms with Gasteiger partial charge in [0, 0.05) is 16.0 Å². The van der Waals surface area contributed by atoms with Crippen molar-refractivity contribution in [2.24, 2.45) is 0 Å². The average Bonchev–Trinajstić information content (AvgIpc) is 2.73. The van der Waals surface area contributed by atoms with E-state index in [1.165, 1.54) is 0 Å². The lowest BCUT2D eigenvalue weighted by Gasteiger charge is -2.14. The fraction of sp³-hybridized carbons (Fsp3) is 0.136. The number of carbonyl (C=O) groups is 1. The third kappa shape index (κ3) is 4.80. The lowest BCUT2D eigenvalue weighted by Crippen LogP contribution is -2.13. The maximum Gasteiger partial charge on any atom is 0.255 e. The van der Waals surface area contributed by atoms with Crippen molar-refractivity contribution in [1.82, 2.24) is 0 Å². The molecule has 0 aromatic heterocycles. The Bertz CT molecular complexity index is 978. The van der Waals surface area contributed by atoms with Gasteiger partial charge in [-0.1, -0.05) is 35.9 Å². The topological polar surface area (TPSA) is 47.6 Å². The number of hydrogen-bond acceptors (Lipinski definition) is 4. The van der Waals surface area contributed by atoms with E-state index in [1.54, 1.807) is 49.2 Å². The average molecular weight is 414 g/mol. The number of thioether (sulfide) groups is 1. The third-order valence-electron chi connectivity index (χ3n) is 4.12. The Morgan fingerprint density at radius 2 is 1.79 bits per heavy atom. The van der Waals surface area contributed by atoms with Crippen LogP contribution < -0.4 is 14.8 Å². The Hall–Kier alpha value is -2.63. The van der Waals surface area contributed by atoms with Gasteiger partial charge in [-0.15, -0.1) is 11.8 Å². The molecule has 0 bridgehead atoms. The molecule has 4 nitrogen and oxygen atoms in total. The van der Waals surface area contributed by atoms with Gasteiger partial charge < -0.3 is 14.8 Å². The molecule has 0 aliphatic rings. The summed E-state index contributed by atoms with van der Waals surface area (Å²) in [6.45, 7) is 0.232. The van der Waals surface area contributed by atoms with Crippen LogP contribution in [-0.2, 0) is 6.61 Å². The number of methoxy groups -OCH3 is 1. The first-order chi connectivity index (χ1) is 13.6. The van der Waals surface area contributed by atoms with Crippen LogP contribution >= 0.6 is 23.4 Å². The molecule has 0 spiro atoms. The summed E-state index contributed by atoms with van der Waals surface area (Å²) in [6, 6.07) is 20.2. The first-order valence-electron chi connectivity index (χ1n) is 8.61. The normalized spacial score (nSPS) is 10.4. The summed E-state index contributed by atoms with van der Waals surface area (Å²) < 4.78 is 11.2. The van der Waals surface area contributed by atoms with E-state index in [2.05, 4.69) is 5.32 Å². The fourth-order valence-corrected chi connectivity index (χ4v) is 3.44. The van der Waals surface area contributed by atoms with E-state index >= 15 is 0 Å². The zero-order valence-electron chi connectivity index (χ0n) is 15.6. The molecule has 144 valence electrons. The van der Waals surface area contributed by atoms with Crippen molar-refractivity contribution in [3.63, 3.8) is 0 Å². The van der Waals surface area contributed by atoms with Crippen LogP contribution in [-0.4, -0.2) is 19.3 Å². The Morgan fingerprint density at radius 3 is 2.54 bits per heavy atom. The monoisotopic (exact) mass is 413 g/mol. The van der Waals surface area contributed by atoms with Gasteiger partial charge in [-0.25, -0.2) is 0 Å². The number of anilines is 1. The van der Waals surface area contributed by atoms with Crippen molar-refractivity contribution >= 4 is 35.0 Å². The van der Waals surface area contributed by atoms with Crippen molar-refractivity contribution in [1.29, 1.82) is 0 Å². The number of ether oxygens (including phenoxy) is 2. The Labute approximate surface area is 173 Å². The predicted octanol–water partition coefficient (Wildman–Crippen LogP) is 5.90. The van der Waals surface area contributed by atoms with E-state index in [0.29, 0.717) is 22.1 Å². The van der Waals surface area contributed by atoms with Crippen molar-refractivity contribution in [2.45, 2.75) is 11.5 Å². The van der Waals surface area contributed by atoms with Gasteiger partial charge in [0.2, 0.25) is 0 Å².